The van der Waals surface area contributed by atoms with Gasteiger partial charge in [0.15, 0.2) is 5.15 Å². The van der Waals surface area contributed by atoms with Gasteiger partial charge >= 0.3 is 0 Å². The average Bonchev–Trinajstić information content (AvgIpc) is 3.22. The van der Waals surface area contributed by atoms with Crippen molar-refractivity contribution in [3.8, 4) is 0 Å². The number of carbonyl (C=O) groups is 3. The van der Waals surface area contributed by atoms with Crippen LogP contribution in [0.15, 0.2) is 42.7 Å². The minimum Gasteiger partial charge on any atom is -0.358 e. The van der Waals surface area contributed by atoms with Gasteiger partial charge in [0.25, 0.3) is 17.6 Å². The quantitative estimate of drug-likeness (QED) is 0.397. The fraction of sp³-hybridized carbons (Fsp3) is 0.273. The molecular weight excluding hydrogens is 404 g/mol. The highest BCUT2D eigenvalue weighted by Crippen LogP contribution is 2.27. The molecule has 0 spiro atoms. The fourth-order valence-corrected chi connectivity index (χ4v) is 4.11. The van der Waals surface area contributed by atoms with E-state index in [0.29, 0.717) is 36.1 Å². The van der Waals surface area contributed by atoms with Crippen LogP contribution < -0.4 is 0 Å². The van der Waals surface area contributed by atoms with Crippen molar-refractivity contribution in [1.82, 2.24) is 19.8 Å². The van der Waals surface area contributed by atoms with Crippen molar-refractivity contribution in [3.05, 3.63) is 64.6 Å². The monoisotopic (exact) mass is 424 g/mol. The van der Waals surface area contributed by atoms with Gasteiger partial charge < -0.3 is 14.8 Å². The highest BCUT2D eigenvalue weighted by atomic mass is 35.5. The van der Waals surface area contributed by atoms with E-state index in [0.717, 1.165) is 5.56 Å². The lowest BCUT2D eigenvalue weighted by Gasteiger charge is -2.39. The van der Waals surface area contributed by atoms with Crippen molar-refractivity contribution in [2.75, 3.05) is 19.6 Å². The number of pyridine rings is 1. The molecular formula is C22H21ClN4O3. The topological polar surface area (TPSA) is 86.4 Å². The standard InChI is InChI=1S/C22H21ClN4O3/c1-13-10-25-20(23)18-17(13)16(11-24-18)19(28)22(30)27-9-8-26(12-14(27)2)21(29)15-6-4-3-5-7-15/h3-7,10-11,14,24H,8-9,12H2,1-2H3/t14-/m1/s1. The smallest absolute Gasteiger partial charge is 0.295 e. The van der Waals surface area contributed by atoms with E-state index in [1.807, 2.05) is 32.0 Å². The molecule has 30 heavy (non-hydrogen) atoms. The maximum atomic E-state index is 13.0. The lowest BCUT2D eigenvalue weighted by Crippen LogP contribution is -2.56. The summed E-state index contributed by atoms with van der Waals surface area (Å²) in [5.74, 6) is -1.25. The highest BCUT2D eigenvalue weighted by Gasteiger charge is 2.34. The molecule has 1 atom stereocenters. The van der Waals surface area contributed by atoms with Gasteiger partial charge in [-0.3, -0.25) is 14.4 Å². The fourth-order valence-electron chi connectivity index (χ4n) is 3.91. The van der Waals surface area contributed by atoms with Gasteiger partial charge in [-0.25, -0.2) is 4.98 Å². The number of halogens is 1. The van der Waals surface area contributed by atoms with E-state index in [1.54, 1.807) is 23.2 Å². The van der Waals surface area contributed by atoms with Crippen LogP contribution in [0.2, 0.25) is 5.15 Å². The Balaban J connectivity index is 1.52. The van der Waals surface area contributed by atoms with Crippen LogP contribution in [-0.2, 0) is 4.79 Å². The Morgan fingerprint density at radius 1 is 1.17 bits per heavy atom. The highest BCUT2D eigenvalue weighted by molar-refractivity contribution is 6.45. The van der Waals surface area contributed by atoms with E-state index in [1.165, 1.54) is 11.1 Å². The van der Waals surface area contributed by atoms with Gasteiger partial charge in [0.1, 0.15) is 0 Å². The number of benzene rings is 1. The molecule has 1 aliphatic heterocycles. The SMILES string of the molecule is Cc1cnc(Cl)c2[nH]cc(C(=O)C(=O)N3CCN(C(=O)c4ccccc4)C[C@H]3C)c12. The molecule has 1 N–H and O–H groups in total. The number of amides is 2. The average molecular weight is 425 g/mol. The van der Waals surface area contributed by atoms with E-state index in [9.17, 15) is 14.4 Å². The maximum absolute atomic E-state index is 13.0. The Morgan fingerprint density at radius 3 is 2.60 bits per heavy atom. The van der Waals surface area contributed by atoms with Gasteiger partial charge in [-0.2, -0.15) is 0 Å². The number of fused-ring (bicyclic) bond motifs is 1. The van der Waals surface area contributed by atoms with Crippen LogP contribution in [-0.4, -0.2) is 63.0 Å². The number of aromatic nitrogens is 2. The van der Waals surface area contributed by atoms with Crippen molar-refractivity contribution in [1.29, 1.82) is 0 Å². The first kappa shape index (κ1) is 20.1. The van der Waals surface area contributed by atoms with E-state index >= 15 is 0 Å². The molecule has 8 heteroatoms. The third-order valence-corrected chi connectivity index (χ3v) is 5.77. The minimum atomic E-state index is -0.596. The van der Waals surface area contributed by atoms with Crippen LogP contribution in [0.1, 0.15) is 33.2 Å². The number of piperazine rings is 1. The first-order valence-corrected chi connectivity index (χ1v) is 10.1. The predicted molar refractivity (Wildman–Crippen MR) is 114 cm³/mol. The van der Waals surface area contributed by atoms with Crippen LogP contribution >= 0.6 is 11.6 Å². The van der Waals surface area contributed by atoms with Gasteiger partial charge in [0.05, 0.1) is 11.1 Å². The molecule has 0 bridgehead atoms. The molecule has 7 nitrogen and oxygen atoms in total. The zero-order valence-corrected chi connectivity index (χ0v) is 17.4. The van der Waals surface area contributed by atoms with E-state index in [4.69, 9.17) is 11.6 Å². The summed E-state index contributed by atoms with van der Waals surface area (Å²) in [7, 11) is 0. The number of nitrogens with zero attached hydrogens (tertiary/aromatic N) is 3. The molecule has 4 rings (SSSR count). The molecule has 1 aromatic carbocycles. The molecule has 2 amide bonds. The number of rotatable bonds is 3. The number of aryl methyl sites for hydroxylation is 1. The first-order valence-electron chi connectivity index (χ1n) is 9.70. The number of hydrogen-bond donors (Lipinski definition) is 1. The summed E-state index contributed by atoms with van der Waals surface area (Å²) in [6.07, 6.45) is 3.08. The number of H-pyrrole nitrogens is 1. The van der Waals surface area contributed by atoms with Crippen molar-refractivity contribution >= 4 is 40.1 Å². The summed E-state index contributed by atoms with van der Waals surface area (Å²) in [4.78, 5) is 49.0. The lowest BCUT2D eigenvalue weighted by molar-refractivity contribution is -0.130. The summed E-state index contributed by atoms with van der Waals surface area (Å²) in [6.45, 7) is 4.71. The molecule has 154 valence electrons. The summed E-state index contributed by atoms with van der Waals surface area (Å²) < 4.78 is 0. The van der Waals surface area contributed by atoms with E-state index in [2.05, 4.69) is 9.97 Å². The molecule has 2 aromatic heterocycles. The van der Waals surface area contributed by atoms with Crippen LogP contribution in [0.3, 0.4) is 0 Å². The van der Waals surface area contributed by atoms with Gasteiger partial charge in [-0.15, -0.1) is 0 Å². The Kier molecular flexibility index (Phi) is 5.30. The number of aromatic amines is 1. The van der Waals surface area contributed by atoms with Crippen molar-refractivity contribution < 1.29 is 14.4 Å². The van der Waals surface area contributed by atoms with Gasteiger partial charge in [-0.1, -0.05) is 29.8 Å². The molecule has 1 saturated heterocycles. The molecule has 3 aromatic rings. The maximum Gasteiger partial charge on any atom is 0.295 e. The predicted octanol–water partition coefficient (Wildman–Crippen LogP) is 3.08. The number of Topliss-reactive ketones (excluding diaryl/α,β-unsaturated/α-hetero) is 1. The van der Waals surface area contributed by atoms with Crippen molar-refractivity contribution in [2.24, 2.45) is 0 Å². The molecule has 1 aliphatic rings. The van der Waals surface area contributed by atoms with E-state index in [-0.39, 0.29) is 22.7 Å². The van der Waals surface area contributed by atoms with Crippen LogP contribution in [0.4, 0.5) is 0 Å². The molecule has 0 aliphatic carbocycles. The second-order valence-electron chi connectivity index (χ2n) is 7.48. The first-order chi connectivity index (χ1) is 14.4. The molecule has 0 radical (unpaired) electrons. The zero-order valence-electron chi connectivity index (χ0n) is 16.7. The number of ketones is 1. The number of carbonyl (C=O) groups excluding carboxylic acids is 3. The summed E-state index contributed by atoms with van der Waals surface area (Å²) in [5, 5.41) is 0.863. The lowest BCUT2D eigenvalue weighted by atomic mass is 10.0. The van der Waals surface area contributed by atoms with Crippen molar-refractivity contribution in [2.45, 2.75) is 19.9 Å². The van der Waals surface area contributed by atoms with Crippen molar-refractivity contribution in [3.63, 3.8) is 0 Å². The van der Waals surface area contributed by atoms with Gasteiger partial charge in [0, 0.05) is 49.0 Å². The third kappa shape index (κ3) is 3.45. The summed E-state index contributed by atoms with van der Waals surface area (Å²) in [6, 6.07) is 8.76. The van der Waals surface area contributed by atoms with Crippen LogP contribution in [0.25, 0.3) is 10.9 Å². The van der Waals surface area contributed by atoms with Gasteiger partial charge in [-0.05, 0) is 31.5 Å². The second kappa shape index (κ2) is 7.91. The number of hydrogen-bond acceptors (Lipinski definition) is 4. The molecule has 1 fully saturated rings. The molecule has 0 unspecified atom stereocenters. The van der Waals surface area contributed by atoms with Gasteiger partial charge in [0.2, 0.25) is 0 Å². The Hall–Kier alpha value is -3.19. The Labute approximate surface area is 178 Å². The van der Waals surface area contributed by atoms with E-state index < -0.39 is 11.7 Å². The normalized spacial score (nSPS) is 16.7. The molecule has 3 heterocycles. The summed E-state index contributed by atoms with van der Waals surface area (Å²) in [5.41, 5.74) is 2.20. The summed E-state index contributed by atoms with van der Waals surface area (Å²) >= 11 is 6.11. The zero-order chi connectivity index (χ0) is 21.4. The Morgan fingerprint density at radius 2 is 1.90 bits per heavy atom. The second-order valence-corrected chi connectivity index (χ2v) is 7.84. The third-order valence-electron chi connectivity index (χ3n) is 5.49. The molecule has 0 saturated carbocycles. The number of nitrogens with one attached hydrogen (secondary N) is 1. The van der Waals surface area contributed by atoms with Crippen LogP contribution in [0.5, 0.6) is 0 Å². The largest absolute Gasteiger partial charge is 0.358 e. The minimum absolute atomic E-state index is 0.0738. The Bertz CT molecular complexity index is 1140. The van der Waals surface area contributed by atoms with Crippen LogP contribution in [0, 0.1) is 6.92 Å².